The van der Waals surface area contributed by atoms with Crippen LogP contribution in [0.15, 0.2) is 30.3 Å². The molecule has 0 spiro atoms. The number of amides is 1. The molecule has 0 bridgehead atoms. The van der Waals surface area contributed by atoms with Gasteiger partial charge in [-0.05, 0) is 18.4 Å². The van der Waals surface area contributed by atoms with E-state index in [2.05, 4.69) is 10.6 Å². The van der Waals surface area contributed by atoms with Crippen LogP contribution >= 0.6 is 7.60 Å². The molecule has 1 amide bonds. The lowest BCUT2D eigenvalue weighted by Crippen LogP contribution is -2.66. The first kappa shape index (κ1) is 17.6. The second kappa shape index (κ2) is 7.36. The minimum absolute atomic E-state index is 0.138. The lowest BCUT2D eigenvalue weighted by molar-refractivity contribution is -0.127. The number of benzene rings is 1. The Balaban J connectivity index is 1.96. The number of carbonyl (C=O) groups excluding carboxylic acids is 1. The van der Waals surface area contributed by atoms with Crippen molar-refractivity contribution in [3.63, 3.8) is 0 Å². The van der Waals surface area contributed by atoms with Crippen LogP contribution in [-0.2, 0) is 18.4 Å². The van der Waals surface area contributed by atoms with Crippen molar-refractivity contribution < 1.29 is 18.4 Å². The van der Waals surface area contributed by atoms with Gasteiger partial charge in [-0.2, -0.15) is 0 Å². The van der Waals surface area contributed by atoms with Crippen molar-refractivity contribution >= 4 is 13.5 Å². The van der Waals surface area contributed by atoms with Crippen LogP contribution < -0.4 is 10.6 Å². The summed E-state index contributed by atoms with van der Waals surface area (Å²) >= 11 is 0. The Morgan fingerprint density at radius 1 is 1.08 bits per heavy atom. The summed E-state index contributed by atoms with van der Waals surface area (Å²) in [5.74, 6) is -0.138. The van der Waals surface area contributed by atoms with Crippen LogP contribution in [0.25, 0.3) is 0 Å². The second-order valence-electron chi connectivity index (χ2n) is 6.41. The van der Waals surface area contributed by atoms with Crippen LogP contribution in [0.2, 0.25) is 0 Å². The molecule has 2 N–H and O–H groups in total. The molecule has 24 heavy (non-hydrogen) atoms. The van der Waals surface area contributed by atoms with Crippen LogP contribution in [0.1, 0.15) is 36.9 Å². The molecular weight excluding hydrogens is 327 g/mol. The van der Waals surface area contributed by atoms with Gasteiger partial charge in [0.15, 0.2) is 0 Å². The first-order valence-corrected chi connectivity index (χ1v) is 10.0. The number of rotatable bonds is 5. The van der Waals surface area contributed by atoms with Gasteiger partial charge in [0.25, 0.3) is 0 Å². The highest BCUT2D eigenvalue weighted by Gasteiger charge is 2.48. The van der Waals surface area contributed by atoms with Gasteiger partial charge in [-0.3, -0.25) is 14.7 Å². The topological polar surface area (TPSA) is 76.7 Å². The van der Waals surface area contributed by atoms with E-state index in [1.54, 1.807) is 0 Å². The number of hydrogen-bond donors (Lipinski definition) is 2. The van der Waals surface area contributed by atoms with E-state index in [1.165, 1.54) is 14.2 Å². The molecule has 0 radical (unpaired) electrons. The fourth-order valence-electron chi connectivity index (χ4n) is 3.83. The average molecular weight is 352 g/mol. The number of fused-ring (bicyclic) bond motifs is 1. The summed E-state index contributed by atoms with van der Waals surface area (Å²) in [6, 6.07) is 9.05. The second-order valence-corrected chi connectivity index (χ2v) is 8.78. The van der Waals surface area contributed by atoms with Gasteiger partial charge in [-0.1, -0.05) is 43.2 Å². The molecule has 0 aromatic heterocycles. The zero-order valence-electron chi connectivity index (χ0n) is 14.1. The Kier molecular flexibility index (Phi) is 5.40. The van der Waals surface area contributed by atoms with E-state index >= 15 is 0 Å². The molecule has 1 saturated heterocycles. The van der Waals surface area contributed by atoms with E-state index in [9.17, 15) is 9.36 Å². The van der Waals surface area contributed by atoms with Crippen molar-refractivity contribution in [1.29, 1.82) is 0 Å². The summed E-state index contributed by atoms with van der Waals surface area (Å²) in [7, 11) is -0.759. The molecule has 1 aromatic carbocycles. The molecule has 4 atom stereocenters. The van der Waals surface area contributed by atoms with Gasteiger partial charge in [-0.25, -0.2) is 0 Å². The molecule has 1 heterocycles. The van der Waals surface area contributed by atoms with Gasteiger partial charge >= 0.3 is 7.60 Å². The monoisotopic (exact) mass is 352 g/mol. The fraction of sp³-hybridized carbons (Fsp3) is 0.588. The maximum atomic E-state index is 13.2. The van der Waals surface area contributed by atoms with Gasteiger partial charge in [0.2, 0.25) is 5.91 Å². The standard InChI is InChI=1S/C17H25N2O4P/c1-22-24(21,23-2)16(12-8-4-3-5-9-12)15-17(20)19-14-11-7-6-10-13(14)18-15/h3-5,8-9,13-16,18H,6-7,10-11H2,1-2H3,(H,19,20). The lowest BCUT2D eigenvalue weighted by Gasteiger charge is -2.43. The molecule has 7 heteroatoms. The predicted octanol–water partition coefficient (Wildman–Crippen LogP) is 2.61. The van der Waals surface area contributed by atoms with Gasteiger partial charge < -0.3 is 14.4 Å². The summed E-state index contributed by atoms with van der Waals surface area (Å²) in [4.78, 5) is 12.7. The normalized spacial score (nSPS) is 28.8. The fourth-order valence-corrected chi connectivity index (χ4v) is 5.55. The van der Waals surface area contributed by atoms with Crippen molar-refractivity contribution in [3.8, 4) is 0 Å². The Labute approximate surface area is 142 Å². The van der Waals surface area contributed by atoms with E-state index in [0.29, 0.717) is 0 Å². The Hall–Kier alpha value is -1.20. The van der Waals surface area contributed by atoms with Gasteiger partial charge in [0, 0.05) is 26.3 Å². The minimum atomic E-state index is -3.49. The highest BCUT2D eigenvalue weighted by atomic mass is 31.2. The van der Waals surface area contributed by atoms with E-state index in [4.69, 9.17) is 9.05 Å². The van der Waals surface area contributed by atoms with Crippen molar-refractivity contribution in [2.24, 2.45) is 0 Å². The third-order valence-corrected chi connectivity index (χ3v) is 7.37. The number of hydrogen-bond acceptors (Lipinski definition) is 5. The SMILES string of the molecule is COP(=O)(OC)C(c1ccccc1)C1NC2CCCCC2NC1=O. The predicted molar refractivity (Wildman–Crippen MR) is 91.9 cm³/mol. The van der Waals surface area contributed by atoms with Crippen LogP contribution in [0.3, 0.4) is 0 Å². The summed E-state index contributed by atoms with van der Waals surface area (Å²) in [5.41, 5.74) is 0.0861. The Morgan fingerprint density at radius 2 is 1.71 bits per heavy atom. The summed E-state index contributed by atoms with van der Waals surface area (Å²) in [5, 5.41) is 6.54. The first-order chi connectivity index (χ1) is 11.6. The van der Waals surface area contributed by atoms with Gasteiger partial charge in [0.1, 0.15) is 11.7 Å². The number of nitrogens with one attached hydrogen (secondary N) is 2. The van der Waals surface area contributed by atoms with Crippen LogP contribution in [0, 0.1) is 0 Å². The van der Waals surface area contributed by atoms with Gasteiger partial charge in [-0.15, -0.1) is 0 Å². The van der Waals surface area contributed by atoms with E-state index in [-0.39, 0.29) is 18.0 Å². The van der Waals surface area contributed by atoms with Gasteiger partial charge in [0.05, 0.1) is 0 Å². The first-order valence-electron chi connectivity index (χ1n) is 8.41. The zero-order valence-corrected chi connectivity index (χ0v) is 15.0. The quantitative estimate of drug-likeness (QED) is 0.797. The Morgan fingerprint density at radius 3 is 2.33 bits per heavy atom. The van der Waals surface area contributed by atoms with Crippen molar-refractivity contribution in [2.45, 2.75) is 49.5 Å². The molecule has 4 unspecified atom stereocenters. The maximum absolute atomic E-state index is 13.2. The lowest BCUT2D eigenvalue weighted by atomic mass is 9.86. The van der Waals surface area contributed by atoms with E-state index in [0.717, 1.165) is 31.2 Å². The molecule has 132 valence electrons. The minimum Gasteiger partial charge on any atom is -0.350 e. The highest BCUT2D eigenvalue weighted by molar-refractivity contribution is 7.54. The number of piperazine rings is 1. The molecule has 2 fully saturated rings. The average Bonchev–Trinajstić information content (AvgIpc) is 2.63. The molecule has 3 rings (SSSR count). The van der Waals surface area contributed by atoms with Crippen molar-refractivity contribution in [3.05, 3.63) is 35.9 Å². The molecule has 1 saturated carbocycles. The number of carbonyl (C=O) groups is 1. The van der Waals surface area contributed by atoms with Crippen LogP contribution in [0.5, 0.6) is 0 Å². The highest BCUT2D eigenvalue weighted by Crippen LogP contribution is 2.61. The van der Waals surface area contributed by atoms with Crippen molar-refractivity contribution in [1.82, 2.24) is 10.6 Å². The van der Waals surface area contributed by atoms with Crippen molar-refractivity contribution in [2.75, 3.05) is 14.2 Å². The van der Waals surface area contributed by atoms with Crippen LogP contribution in [-0.4, -0.2) is 38.3 Å². The summed E-state index contributed by atoms with van der Waals surface area (Å²) in [6.45, 7) is 0. The smallest absolute Gasteiger partial charge is 0.339 e. The van der Waals surface area contributed by atoms with Crippen LogP contribution in [0.4, 0.5) is 0 Å². The molecule has 1 aliphatic heterocycles. The zero-order chi connectivity index (χ0) is 17.2. The van der Waals surface area contributed by atoms with E-state index in [1.807, 2.05) is 30.3 Å². The largest absolute Gasteiger partial charge is 0.350 e. The molecular formula is C17H25N2O4P. The Bertz CT molecular complexity index is 616. The third kappa shape index (κ3) is 3.29. The molecule has 1 aliphatic carbocycles. The molecule has 6 nitrogen and oxygen atoms in total. The van der Waals surface area contributed by atoms with E-state index < -0.39 is 19.3 Å². The summed E-state index contributed by atoms with van der Waals surface area (Å²) in [6.07, 6.45) is 4.26. The maximum Gasteiger partial charge on any atom is 0.339 e. The third-order valence-electron chi connectivity index (χ3n) is 5.08. The molecule has 1 aromatic rings. The summed E-state index contributed by atoms with van der Waals surface area (Å²) < 4.78 is 23.7. The molecule has 2 aliphatic rings.